The number of amides is 1. The summed E-state index contributed by atoms with van der Waals surface area (Å²) in [7, 11) is -3.53. The molecule has 1 saturated heterocycles. The Labute approximate surface area is 158 Å². The van der Waals surface area contributed by atoms with E-state index in [1.807, 2.05) is 6.92 Å². The Morgan fingerprint density at radius 3 is 2.70 bits per heavy atom. The minimum atomic E-state index is -3.53. The van der Waals surface area contributed by atoms with Crippen molar-refractivity contribution in [3.63, 3.8) is 0 Å². The lowest BCUT2D eigenvalue weighted by atomic mass is 10.1. The summed E-state index contributed by atoms with van der Waals surface area (Å²) in [6.45, 7) is 4.05. The van der Waals surface area contributed by atoms with Gasteiger partial charge in [0.25, 0.3) is 0 Å². The monoisotopic (exact) mass is 394 g/mol. The van der Waals surface area contributed by atoms with Gasteiger partial charge in [0, 0.05) is 30.6 Å². The maximum Gasteiger partial charge on any atom is 0.222 e. The molecule has 3 rings (SSSR count). The van der Waals surface area contributed by atoms with E-state index in [2.05, 4.69) is 5.16 Å². The van der Waals surface area contributed by atoms with Crippen molar-refractivity contribution in [2.24, 2.45) is 0 Å². The highest BCUT2D eigenvalue weighted by Crippen LogP contribution is 2.31. The Balaban J connectivity index is 1.70. The van der Waals surface area contributed by atoms with E-state index in [1.165, 1.54) is 18.2 Å². The zero-order valence-electron chi connectivity index (χ0n) is 15.4. The third-order valence-electron chi connectivity index (χ3n) is 5.12. The molecule has 0 aliphatic carbocycles. The molecule has 1 aromatic carbocycles. The van der Waals surface area contributed by atoms with Gasteiger partial charge >= 0.3 is 0 Å². The van der Waals surface area contributed by atoms with E-state index in [0.717, 1.165) is 11.3 Å². The number of carbonyl (C=O) groups excluding carboxylic acids is 1. The molecular weight excluding hydrogens is 371 g/mol. The lowest BCUT2D eigenvalue weighted by Crippen LogP contribution is -2.33. The van der Waals surface area contributed by atoms with Crippen molar-refractivity contribution in [1.82, 2.24) is 10.1 Å². The van der Waals surface area contributed by atoms with Crippen LogP contribution in [0.5, 0.6) is 0 Å². The molecule has 1 aliphatic rings. The molecule has 146 valence electrons. The number of nitrogens with zero attached hydrogens (tertiary/aromatic N) is 2. The van der Waals surface area contributed by atoms with Crippen molar-refractivity contribution < 1.29 is 22.1 Å². The minimum Gasteiger partial charge on any atom is -0.361 e. The number of halogens is 1. The first-order chi connectivity index (χ1) is 12.8. The molecule has 0 unspecified atom stereocenters. The second-order valence-corrected chi connectivity index (χ2v) is 9.15. The average Bonchev–Trinajstić information content (AvgIpc) is 2.85. The number of aryl methyl sites for hydroxylation is 2. The van der Waals surface area contributed by atoms with Gasteiger partial charge in [-0.15, -0.1) is 0 Å². The molecule has 6 nitrogen and oxygen atoms in total. The molecule has 0 bridgehead atoms. The molecule has 1 amide bonds. The largest absolute Gasteiger partial charge is 0.361 e. The van der Waals surface area contributed by atoms with Gasteiger partial charge in [-0.25, -0.2) is 12.8 Å². The molecule has 27 heavy (non-hydrogen) atoms. The summed E-state index contributed by atoms with van der Waals surface area (Å²) in [4.78, 5) is 14.2. The number of rotatable bonds is 4. The van der Waals surface area contributed by atoms with Crippen LogP contribution in [0.2, 0.25) is 0 Å². The van der Waals surface area contributed by atoms with Gasteiger partial charge in [0.05, 0.1) is 16.7 Å². The van der Waals surface area contributed by atoms with Crippen LogP contribution in [0.3, 0.4) is 0 Å². The summed E-state index contributed by atoms with van der Waals surface area (Å²) in [6.07, 6.45) is 0.952. The smallest absolute Gasteiger partial charge is 0.222 e. The lowest BCUT2D eigenvalue weighted by molar-refractivity contribution is -0.130. The van der Waals surface area contributed by atoms with Crippen LogP contribution in [0.15, 0.2) is 28.8 Å². The van der Waals surface area contributed by atoms with E-state index in [4.69, 9.17) is 4.52 Å². The van der Waals surface area contributed by atoms with Crippen LogP contribution in [0, 0.1) is 19.7 Å². The topological polar surface area (TPSA) is 80.5 Å². The zero-order valence-corrected chi connectivity index (χ0v) is 16.3. The number of benzene rings is 1. The molecule has 2 aromatic rings. The molecule has 8 heteroatoms. The highest BCUT2D eigenvalue weighted by Gasteiger charge is 2.34. The summed E-state index contributed by atoms with van der Waals surface area (Å²) in [6, 6.07) is 5.94. The van der Waals surface area contributed by atoms with Crippen molar-refractivity contribution in [2.45, 2.75) is 38.4 Å². The second kappa shape index (κ2) is 7.80. The third kappa shape index (κ3) is 4.21. The quantitative estimate of drug-likeness (QED) is 0.797. The van der Waals surface area contributed by atoms with Crippen LogP contribution < -0.4 is 0 Å². The first-order valence-electron chi connectivity index (χ1n) is 8.95. The van der Waals surface area contributed by atoms with Crippen molar-refractivity contribution in [1.29, 1.82) is 0 Å². The molecular formula is C19H23FN2O4S. The van der Waals surface area contributed by atoms with Crippen LogP contribution in [0.25, 0.3) is 0 Å². The van der Waals surface area contributed by atoms with Crippen LogP contribution in [0.4, 0.5) is 4.39 Å². The molecule has 1 aromatic heterocycles. The highest BCUT2D eigenvalue weighted by molar-refractivity contribution is 7.91. The van der Waals surface area contributed by atoms with E-state index < -0.39 is 20.9 Å². The first-order valence-corrected chi connectivity index (χ1v) is 10.7. The molecule has 0 saturated carbocycles. The van der Waals surface area contributed by atoms with Gasteiger partial charge in [-0.05, 0) is 32.8 Å². The fourth-order valence-corrected chi connectivity index (χ4v) is 5.33. The fourth-order valence-electron chi connectivity index (χ4n) is 3.53. The van der Waals surface area contributed by atoms with Crippen molar-refractivity contribution in [2.75, 3.05) is 18.8 Å². The summed E-state index contributed by atoms with van der Waals surface area (Å²) in [5.74, 6) is -0.106. The molecule has 1 fully saturated rings. The zero-order chi connectivity index (χ0) is 19.6. The Hall–Kier alpha value is -2.22. The number of carbonyl (C=O) groups is 1. The van der Waals surface area contributed by atoms with Crippen LogP contribution >= 0.6 is 0 Å². The first kappa shape index (κ1) is 19.5. The van der Waals surface area contributed by atoms with Crippen LogP contribution in [0.1, 0.15) is 40.7 Å². The van der Waals surface area contributed by atoms with E-state index in [-0.39, 0.29) is 36.6 Å². The number of sulfone groups is 1. The van der Waals surface area contributed by atoms with E-state index >= 15 is 0 Å². The van der Waals surface area contributed by atoms with Gasteiger partial charge in [-0.3, -0.25) is 4.79 Å². The Kier molecular flexibility index (Phi) is 5.64. The fraction of sp³-hybridized carbons (Fsp3) is 0.474. The molecule has 2 heterocycles. The van der Waals surface area contributed by atoms with Crippen LogP contribution in [-0.4, -0.2) is 43.2 Å². The molecule has 1 atom stereocenters. The standard InChI is InChI=1S/C19H23FN2O4S/c1-13-15(14(2)26-21-13)7-8-19(23)22-10-9-18(27(24,25)12-11-22)16-5-3-4-6-17(16)20/h3-6,18H,7-12H2,1-2H3/t18-/m1/s1. The van der Waals surface area contributed by atoms with Crippen molar-refractivity contribution in [3.8, 4) is 0 Å². The van der Waals surface area contributed by atoms with Crippen molar-refractivity contribution in [3.05, 3.63) is 52.7 Å². The average molecular weight is 394 g/mol. The normalized spacial score (nSPS) is 19.7. The number of aromatic nitrogens is 1. The summed E-state index contributed by atoms with van der Waals surface area (Å²) >= 11 is 0. The van der Waals surface area contributed by atoms with Gasteiger partial charge in [-0.1, -0.05) is 23.4 Å². The molecule has 0 radical (unpaired) electrons. The summed E-state index contributed by atoms with van der Waals surface area (Å²) in [5, 5.41) is 2.96. The maximum atomic E-state index is 14.1. The van der Waals surface area contributed by atoms with Gasteiger partial charge in [0.1, 0.15) is 11.6 Å². The van der Waals surface area contributed by atoms with E-state index in [0.29, 0.717) is 18.7 Å². The van der Waals surface area contributed by atoms with Crippen molar-refractivity contribution >= 4 is 15.7 Å². The molecule has 1 aliphatic heterocycles. The highest BCUT2D eigenvalue weighted by atomic mass is 32.2. The van der Waals surface area contributed by atoms with Gasteiger partial charge in [0.15, 0.2) is 9.84 Å². The lowest BCUT2D eigenvalue weighted by Gasteiger charge is -2.20. The molecule has 0 N–H and O–H groups in total. The van der Waals surface area contributed by atoms with Gasteiger partial charge in [-0.2, -0.15) is 0 Å². The van der Waals surface area contributed by atoms with Gasteiger partial charge in [0.2, 0.25) is 5.91 Å². The Morgan fingerprint density at radius 2 is 2.04 bits per heavy atom. The van der Waals surface area contributed by atoms with Crippen LogP contribution in [-0.2, 0) is 21.1 Å². The van der Waals surface area contributed by atoms with Gasteiger partial charge < -0.3 is 9.42 Å². The Bertz CT molecular complexity index is 919. The summed E-state index contributed by atoms with van der Waals surface area (Å²) in [5.41, 5.74) is 1.86. The minimum absolute atomic E-state index is 0.112. The molecule has 0 spiro atoms. The third-order valence-corrected chi connectivity index (χ3v) is 7.22. The second-order valence-electron chi connectivity index (χ2n) is 6.85. The summed E-state index contributed by atoms with van der Waals surface area (Å²) < 4.78 is 44.5. The predicted molar refractivity (Wildman–Crippen MR) is 98.4 cm³/mol. The number of hydrogen-bond donors (Lipinski definition) is 0. The SMILES string of the molecule is Cc1noc(C)c1CCC(=O)N1CC[C@H](c2ccccc2F)S(=O)(=O)CC1. The van der Waals surface area contributed by atoms with E-state index in [9.17, 15) is 17.6 Å². The maximum absolute atomic E-state index is 14.1. The van der Waals surface area contributed by atoms with E-state index in [1.54, 1.807) is 17.9 Å². The Morgan fingerprint density at radius 1 is 1.30 bits per heavy atom. The predicted octanol–water partition coefficient (Wildman–Crippen LogP) is 2.75. The number of hydrogen-bond acceptors (Lipinski definition) is 5.